The van der Waals surface area contributed by atoms with Crippen molar-refractivity contribution < 1.29 is 4.79 Å². The van der Waals surface area contributed by atoms with E-state index < -0.39 is 0 Å². The third-order valence-corrected chi connectivity index (χ3v) is 4.65. The average Bonchev–Trinajstić information content (AvgIpc) is 3.13. The molecular weight excluding hydrogens is 300 g/mol. The van der Waals surface area contributed by atoms with Crippen LogP contribution < -0.4 is 10.6 Å². The van der Waals surface area contributed by atoms with Gasteiger partial charge >= 0.3 is 0 Å². The van der Waals surface area contributed by atoms with Crippen molar-refractivity contribution in [2.24, 2.45) is 5.92 Å². The van der Waals surface area contributed by atoms with Crippen LogP contribution in [0, 0.1) is 5.92 Å². The van der Waals surface area contributed by atoms with Crippen LogP contribution in [-0.4, -0.2) is 28.8 Å². The molecule has 1 aromatic heterocycles. The van der Waals surface area contributed by atoms with Gasteiger partial charge in [0.1, 0.15) is 0 Å². The van der Waals surface area contributed by atoms with Crippen LogP contribution in [0.1, 0.15) is 36.8 Å². The van der Waals surface area contributed by atoms with E-state index >= 15 is 0 Å². The fourth-order valence-electron chi connectivity index (χ4n) is 3.14. The molecule has 3 rings (SSSR count). The van der Waals surface area contributed by atoms with Crippen molar-refractivity contribution in [1.29, 1.82) is 0 Å². The number of benzene rings is 1. The first-order valence-electron chi connectivity index (χ1n) is 8.82. The molecule has 5 nitrogen and oxygen atoms in total. The Hall–Kier alpha value is -2.14. The van der Waals surface area contributed by atoms with E-state index in [-0.39, 0.29) is 5.91 Å². The third-order valence-electron chi connectivity index (χ3n) is 4.65. The lowest BCUT2D eigenvalue weighted by molar-refractivity contribution is -0.121. The van der Waals surface area contributed by atoms with Gasteiger partial charge in [-0.05, 0) is 55.5 Å². The number of amides is 1. The number of carbonyl (C=O) groups is 1. The van der Waals surface area contributed by atoms with E-state index in [4.69, 9.17) is 0 Å². The van der Waals surface area contributed by atoms with Gasteiger partial charge in [-0.25, -0.2) is 0 Å². The summed E-state index contributed by atoms with van der Waals surface area (Å²) in [6.07, 6.45) is 7.79. The molecule has 0 saturated carbocycles. The van der Waals surface area contributed by atoms with Crippen LogP contribution in [0.2, 0.25) is 0 Å². The van der Waals surface area contributed by atoms with Gasteiger partial charge < -0.3 is 10.6 Å². The molecule has 0 aliphatic carbocycles. The first-order chi connectivity index (χ1) is 11.8. The molecular formula is C19H26N4O. The Morgan fingerprint density at radius 2 is 1.96 bits per heavy atom. The minimum Gasteiger partial charge on any atom is -0.352 e. The van der Waals surface area contributed by atoms with E-state index in [9.17, 15) is 4.79 Å². The molecule has 0 unspecified atom stereocenters. The lowest BCUT2D eigenvalue weighted by atomic mass is 9.93. The summed E-state index contributed by atoms with van der Waals surface area (Å²) < 4.78 is 1.90. The summed E-state index contributed by atoms with van der Waals surface area (Å²) in [6, 6.07) is 10.3. The molecule has 1 aromatic carbocycles. The molecule has 1 aliphatic rings. The first-order valence-corrected chi connectivity index (χ1v) is 8.82. The number of nitrogens with one attached hydrogen (secondary N) is 2. The Labute approximate surface area is 143 Å². The highest BCUT2D eigenvalue weighted by atomic mass is 16.1. The number of nitrogens with zero attached hydrogens (tertiary/aromatic N) is 2. The van der Waals surface area contributed by atoms with Gasteiger partial charge in [0.25, 0.3) is 0 Å². The van der Waals surface area contributed by atoms with Gasteiger partial charge in [-0.1, -0.05) is 24.3 Å². The van der Waals surface area contributed by atoms with E-state index in [1.807, 2.05) is 16.9 Å². The smallest absolute Gasteiger partial charge is 0.220 e. The predicted octanol–water partition coefficient (Wildman–Crippen LogP) is 2.33. The summed E-state index contributed by atoms with van der Waals surface area (Å²) in [6.45, 7) is 3.57. The monoisotopic (exact) mass is 326 g/mol. The van der Waals surface area contributed by atoms with Crippen molar-refractivity contribution in [2.45, 2.75) is 38.8 Å². The summed E-state index contributed by atoms with van der Waals surface area (Å²) in [5, 5.41) is 10.6. The van der Waals surface area contributed by atoms with E-state index in [2.05, 4.69) is 40.0 Å². The number of aromatic nitrogens is 2. The Balaban J connectivity index is 1.38. The van der Waals surface area contributed by atoms with Crippen LogP contribution >= 0.6 is 0 Å². The van der Waals surface area contributed by atoms with E-state index in [0.717, 1.165) is 31.6 Å². The SMILES string of the molecule is O=C(CCC1CCNCC1)NCc1ccc(Cn2cccn2)cc1. The largest absolute Gasteiger partial charge is 0.352 e. The highest BCUT2D eigenvalue weighted by Gasteiger charge is 2.14. The van der Waals surface area contributed by atoms with E-state index in [1.54, 1.807) is 6.20 Å². The van der Waals surface area contributed by atoms with Crippen LogP contribution in [0.25, 0.3) is 0 Å². The molecule has 1 aliphatic heterocycles. The Morgan fingerprint density at radius 1 is 1.21 bits per heavy atom. The summed E-state index contributed by atoms with van der Waals surface area (Å²) >= 11 is 0. The maximum absolute atomic E-state index is 12.0. The molecule has 24 heavy (non-hydrogen) atoms. The second kappa shape index (κ2) is 8.64. The standard InChI is InChI=1S/C19H26N4O/c24-19(7-6-16-8-11-20-12-9-16)21-14-17-2-4-18(5-3-17)15-23-13-1-10-22-23/h1-5,10,13,16,20H,6-9,11-12,14-15H2,(H,21,24). The van der Waals surface area contributed by atoms with Crippen molar-refractivity contribution in [2.75, 3.05) is 13.1 Å². The van der Waals surface area contributed by atoms with Crippen LogP contribution in [0.3, 0.4) is 0 Å². The maximum atomic E-state index is 12.0. The summed E-state index contributed by atoms with van der Waals surface area (Å²) in [5.41, 5.74) is 2.34. The molecule has 1 saturated heterocycles. The fraction of sp³-hybridized carbons (Fsp3) is 0.474. The Kier molecular flexibility index (Phi) is 6.01. The quantitative estimate of drug-likeness (QED) is 0.821. The molecule has 1 amide bonds. The van der Waals surface area contributed by atoms with Crippen molar-refractivity contribution in [3.8, 4) is 0 Å². The Bertz CT molecular complexity index is 615. The molecule has 1 fully saturated rings. The van der Waals surface area contributed by atoms with Crippen LogP contribution in [0.15, 0.2) is 42.7 Å². The highest BCUT2D eigenvalue weighted by Crippen LogP contribution is 2.17. The van der Waals surface area contributed by atoms with Gasteiger partial charge in [0.15, 0.2) is 0 Å². The molecule has 0 spiro atoms. The van der Waals surface area contributed by atoms with Gasteiger partial charge in [0, 0.05) is 25.4 Å². The fourth-order valence-corrected chi connectivity index (χ4v) is 3.14. The van der Waals surface area contributed by atoms with Crippen molar-refractivity contribution in [1.82, 2.24) is 20.4 Å². The number of piperidine rings is 1. The van der Waals surface area contributed by atoms with Gasteiger partial charge in [-0.15, -0.1) is 0 Å². The van der Waals surface area contributed by atoms with Crippen LogP contribution in [0.4, 0.5) is 0 Å². The van der Waals surface area contributed by atoms with Crippen molar-refractivity contribution in [3.63, 3.8) is 0 Å². The lowest BCUT2D eigenvalue weighted by Crippen LogP contribution is -2.29. The van der Waals surface area contributed by atoms with E-state index in [0.29, 0.717) is 18.9 Å². The van der Waals surface area contributed by atoms with Gasteiger partial charge in [0.05, 0.1) is 6.54 Å². The zero-order valence-electron chi connectivity index (χ0n) is 14.1. The van der Waals surface area contributed by atoms with Crippen molar-refractivity contribution in [3.05, 3.63) is 53.9 Å². The zero-order valence-corrected chi connectivity index (χ0v) is 14.1. The molecule has 2 heterocycles. The number of hydrogen-bond acceptors (Lipinski definition) is 3. The molecule has 0 radical (unpaired) electrons. The van der Waals surface area contributed by atoms with Crippen LogP contribution in [0.5, 0.6) is 0 Å². The topological polar surface area (TPSA) is 59.0 Å². The second-order valence-electron chi connectivity index (χ2n) is 6.53. The maximum Gasteiger partial charge on any atom is 0.220 e. The minimum atomic E-state index is 0.161. The summed E-state index contributed by atoms with van der Waals surface area (Å²) in [7, 11) is 0. The zero-order chi connectivity index (χ0) is 16.6. The summed E-state index contributed by atoms with van der Waals surface area (Å²) in [4.78, 5) is 12.0. The Morgan fingerprint density at radius 3 is 2.67 bits per heavy atom. The average molecular weight is 326 g/mol. The molecule has 0 bridgehead atoms. The molecule has 5 heteroatoms. The summed E-state index contributed by atoms with van der Waals surface area (Å²) in [5.74, 6) is 0.868. The lowest BCUT2D eigenvalue weighted by Gasteiger charge is -2.22. The van der Waals surface area contributed by atoms with Gasteiger partial charge in [0.2, 0.25) is 5.91 Å². The van der Waals surface area contributed by atoms with E-state index in [1.165, 1.54) is 18.4 Å². The minimum absolute atomic E-state index is 0.161. The first kappa shape index (κ1) is 16.7. The van der Waals surface area contributed by atoms with Crippen LogP contribution in [-0.2, 0) is 17.9 Å². The predicted molar refractivity (Wildman–Crippen MR) is 94.4 cm³/mol. The van der Waals surface area contributed by atoms with Gasteiger partial charge in [-0.3, -0.25) is 9.48 Å². The molecule has 2 aromatic rings. The molecule has 128 valence electrons. The molecule has 0 atom stereocenters. The third kappa shape index (κ3) is 5.20. The van der Waals surface area contributed by atoms with Crippen molar-refractivity contribution >= 4 is 5.91 Å². The number of rotatable bonds is 7. The normalized spacial score (nSPS) is 15.3. The second-order valence-corrected chi connectivity index (χ2v) is 6.53. The highest BCUT2D eigenvalue weighted by molar-refractivity contribution is 5.75. The van der Waals surface area contributed by atoms with Gasteiger partial charge in [-0.2, -0.15) is 5.10 Å². The number of hydrogen-bond donors (Lipinski definition) is 2. The number of carbonyl (C=O) groups excluding carboxylic acids is 1. The molecule has 2 N–H and O–H groups in total.